The van der Waals surface area contributed by atoms with E-state index < -0.39 is 12.3 Å². The van der Waals surface area contributed by atoms with Gasteiger partial charge in [-0.2, -0.15) is 4.98 Å². The number of aliphatic hydroxyl groups excluding tert-OH is 1. The second kappa shape index (κ2) is 9.16. The van der Waals surface area contributed by atoms with Gasteiger partial charge >= 0.3 is 0 Å². The lowest BCUT2D eigenvalue weighted by molar-refractivity contribution is 0.0612. The summed E-state index contributed by atoms with van der Waals surface area (Å²) in [7, 11) is 0. The molecule has 3 aliphatic rings. The Balaban J connectivity index is 1.31. The van der Waals surface area contributed by atoms with Crippen LogP contribution in [0.4, 0.5) is 27.8 Å². The summed E-state index contributed by atoms with van der Waals surface area (Å²) in [5.41, 5.74) is 1.18. The van der Waals surface area contributed by atoms with Crippen LogP contribution in [0.15, 0.2) is 30.7 Å². The fraction of sp³-hybridized carbons (Fsp3) is 0.520. The van der Waals surface area contributed by atoms with E-state index in [1.807, 2.05) is 12.4 Å². The van der Waals surface area contributed by atoms with Gasteiger partial charge in [0, 0.05) is 55.6 Å². The van der Waals surface area contributed by atoms with Gasteiger partial charge in [0.1, 0.15) is 23.6 Å². The average Bonchev–Trinajstić information content (AvgIpc) is 3.40. The zero-order chi connectivity index (χ0) is 23.9. The third-order valence-electron chi connectivity index (χ3n) is 7.43. The highest BCUT2D eigenvalue weighted by Gasteiger charge is 2.30. The summed E-state index contributed by atoms with van der Waals surface area (Å²) in [6, 6.07) is 4.31. The number of hydrogen-bond donors (Lipinski definition) is 2. The molecular formula is C25H30FN7O2. The van der Waals surface area contributed by atoms with Crippen molar-refractivity contribution < 1.29 is 14.2 Å². The van der Waals surface area contributed by atoms with Gasteiger partial charge < -0.3 is 25.0 Å². The lowest BCUT2D eigenvalue weighted by Gasteiger charge is -2.40. The van der Waals surface area contributed by atoms with Crippen LogP contribution in [0.5, 0.6) is 0 Å². The monoisotopic (exact) mass is 479 g/mol. The van der Waals surface area contributed by atoms with Gasteiger partial charge in [-0.15, -0.1) is 0 Å². The number of ether oxygens (including phenoxy) is 1. The van der Waals surface area contributed by atoms with Crippen molar-refractivity contribution in [3.63, 3.8) is 0 Å². The first kappa shape index (κ1) is 22.4. The van der Waals surface area contributed by atoms with Crippen LogP contribution in [-0.4, -0.2) is 76.2 Å². The Morgan fingerprint density at radius 3 is 2.74 bits per heavy atom. The summed E-state index contributed by atoms with van der Waals surface area (Å²) in [4.78, 5) is 22.5. The Morgan fingerprint density at radius 1 is 1.09 bits per heavy atom. The SMILES string of the molecule is C[C@@H]1CCN1c1ncc(C2CCOC2)c2cc(Nc3ccnc(N4CC[C@@H](O)[C@@H](F)C4)n3)ncc12. The fourth-order valence-corrected chi connectivity index (χ4v) is 5.15. The average molecular weight is 480 g/mol. The summed E-state index contributed by atoms with van der Waals surface area (Å²) in [5, 5.41) is 15.2. The lowest BCUT2D eigenvalue weighted by atomic mass is 9.94. The van der Waals surface area contributed by atoms with Crippen molar-refractivity contribution in [3.8, 4) is 0 Å². The normalized spacial score (nSPS) is 26.7. The number of hydrogen-bond acceptors (Lipinski definition) is 9. The third kappa shape index (κ3) is 4.25. The van der Waals surface area contributed by atoms with Crippen molar-refractivity contribution in [1.82, 2.24) is 19.9 Å². The number of aromatic nitrogens is 4. The van der Waals surface area contributed by atoms with E-state index in [0.717, 1.165) is 36.2 Å². The maximum Gasteiger partial charge on any atom is 0.227 e. The smallest absolute Gasteiger partial charge is 0.227 e. The molecule has 3 aromatic rings. The first-order chi connectivity index (χ1) is 17.1. The molecule has 3 aliphatic heterocycles. The molecular weight excluding hydrogens is 449 g/mol. The Bertz CT molecular complexity index is 1220. The minimum atomic E-state index is -1.30. The molecule has 0 spiro atoms. The maximum absolute atomic E-state index is 14.0. The largest absolute Gasteiger partial charge is 0.390 e. The number of anilines is 4. The van der Waals surface area contributed by atoms with Crippen LogP contribution in [-0.2, 0) is 4.74 Å². The van der Waals surface area contributed by atoms with Gasteiger partial charge in [-0.05, 0) is 49.3 Å². The molecule has 0 aliphatic carbocycles. The number of pyridine rings is 2. The van der Waals surface area contributed by atoms with Crippen molar-refractivity contribution >= 4 is 34.2 Å². The fourth-order valence-electron chi connectivity index (χ4n) is 5.15. The lowest BCUT2D eigenvalue weighted by Crippen LogP contribution is -2.46. The summed E-state index contributed by atoms with van der Waals surface area (Å²) in [6.45, 7) is 5.29. The van der Waals surface area contributed by atoms with Gasteiger partial charge in [-0.25, -0.2) is 19.3 Å². The molecule has 6 rings (SSSR count). The van der Waals surface area contributed by atoms with E-state index >= 15 is 0 Å². The number of nitrogens with zero attached hydrogens (tertiary/aromatic N) is 6. The summed E-state index contributed by atoms with van der Waals surface area (Å²) >= 11 is 0. The number of nitrogens with one attached hydrogen (secondary N) is 1. The molecule has 2 N–H and O–H groups in total. The van der Waals surface area contributed by atoms with E-state index in [4.69, 9.17) is 9.72 Å². The molecule has 1 unspecified atom stereocenters. The number of rotatable bonds is 5. The summed E-state index contributed by atoms with van der Waals surface area (Å²) in [5.74, 6) is 3.00. The van der Waals surface area contributed by atoms with E-state index in [1.54, 1.807) is 17.2 Å². The van der Waals surface area contributed by atoms with Crippen molar-refractivity contribution in [2.24, 2.45) is 0 Å². The van der Waals surface area contributed by atoms with Crippen molar-refractivity contribution in [2.75, 3.05) is 48.0 Å². The van der Waals surface area contributed by atoms with Gasteiger partial charge in [-0.3, -0.25) is 0 Å². The van der Waals surface area contributed by atoms with Gasteiger partial charge in [-0.1, -0.05) is 0 Å². The number of piperidine rings is 1. The Morgan fingerprint density at radius 2 is 2.00 bits per heavy atom. The molecule has 0 amide bonds. The van der Waals surface area contributed by atoms with E-state index in [-0.39, 0.29) is 6.54 Å². The van der Waals surface area contributed by atoms with Crippen LogP contribution in [0.2, 0.25) is 0 Å². The summed E-state index contributed by atoms with van der Waals surface area (Å²) in [6.07, 6.45) is 5.83. The molecule has 4 atom stereocenters. The van der Waals surface area contributed by atoms with Crippen LogP contribution in [0.25, 0.3) is 10.8 Å². The topological polar surface area (TPSA) is 99.5 Å². The molecule has 10 heteroatoms. The van der Waals surface area contributed by atoms with Crippen LogP contribution >= 0.6 is 0 Å². The van der Waals surface area contributed by atoms with Gasteiger partial charge in [0.25, 0.3) is 0 Å². The van der Waals surface area contributed by atoms with Crippen LogP contribution < -0.4 is 15.1 Å². The van der Waals surface area contributed by atoms with Gasteiger partial charge in [0.05, 0.1) is 19.3 Å². The van der Waals surface area contributed by atoms with Crippen LogP contribution in [0.1, 0.15) is 37.7 Å². The molecule has 3 fully saturated rings. The minimum absolute atomic E-state index is 0.0797. The number of aliphatic hydroxyl groups is 1. The van der Waals surface area contributed by atoms with E-state index in [2.05, 4.69) is 38.2 Å². The highest BCUT2D eigenvalue weighted by atomic mass is 19.1. The number of halogens is 1. The molecule has 3 aromatic heterocycles. The molecule has 184 valence electrons. The molecule has 0 saturated carbocycles. The Hall–Kier alpha value is -3.11. The molecule has 3 saturated heterocycles. The van der Waals surface area contributed by atoms with Crippen LogP contribution in [0.3, 0.4) is 0 Å². The standard InChI is InChI=1S/C25H30FN7O2/c1-15-3-8-33(15)24-19-12-28-23(10-17(19)18(11-29-24)16-5-9-35-14-16)30-22-2-6-27-25(31-22)32-7-4-21(34)20(26)13-32/h2,6,10-12,15-16,20-21,34H,3-5,7-9,13-14H2,1H3,(H,27,28,30,31)/t15-,16?,20+,21-/m1/s1. The van der Waals surface area contributed by atoms with Crippen molar-refractivity contribution in [1.29, 1.82) is 0 Å². The highest BCUT2D eigenvalue weighted by Crippen LogP contribution is 2.37. The predicted molar refractivity (Wildman–Crippen MR) is 132 cm³/mol. The Labute approximate surface area is 203 Å². The maximum atomic E-state index is 14.0. The second-order valence-electron chi connectivity index (χ2n) is 9.73. The molecule has 0 bridgehead atoms. The number of alkyl halides is 1. The summed E-state index contributed by atoms with van der Waals surface area (Å²) < 4.78 is 19.7. The van der Waals surface area contributed by atoms with E-state index in [9.17, 15) is 9.50 Å². The molecule has 35 heavy (non-hydrogen) atoms. The zero-order valence-electron chi connectivity index (χ0n) is 19.8. The minimum Gasteiger partial charge on any atom is -0.390 e. The third-order valence-corrected chi connectivity index (χ3v) is 7.43. The van der Waals surface area contributed by atoms with Gasteiger partial charge in [0.2, 0.25) is 5.95 Å². The van der Waals surface area contributed by atoms with Gasteiger partial charge in [0.15, 0.2) is 0 Å². The first-order valence-corrected chi connectivity index (χ1v) is 12.4. The highest BCUT2D eigenvalue weighted by molar-refractivity contribution is 5.96. The van der Waals surface area contributed by atoms with Crippen LogP contribution in [0, 0.1) is 0 Å². The Kier molecular flexibility index (Phi) is 5.85. The first-order valence-electron chi connectivity index (χ1n) is 12.4. The van der Waals surface area contributed by atoms with Crippen molar-refractivity contribution in [3.05, 3.63) is 36.3 Å². The molecule has 6 heterocycles. The zero-order valence-corrected chi connectivity index (χ0v) is 19.8. The predicted octanol–water partition coefficient (Wildman–Crippen LogP) is 3.18. The van der Waals surface area contributed by atoms with E-state index in [1.165, 1.54) is 12.0 Å². The second-order valence-corrected chi connectivity index (χ2v) is 9.73. The van der Waals surface area contributed by atoms with E-state index in [0.29, 0.717) is 49.1 Å². The molecule has 9 nitrogen and oxygen atoms in total. The molecule has 0 radical (unpaired) electrons. The van der Waals surface area contributed by atoms with Crippen molar-refractivity contribution in [2.45, 2.75) is 50.4 Å². The molecule has 0 aromatic carbocycles. The number of fused-ring (bicyclic) bond motifs is 1. The quantitative estimate of drug-likeness (QED) is 0.572.